The summed E-state index contributed by atoms with van der Waals surface area (Å²) < 4.78 is 10.3. The lowest BCUT2D eigenvalue weighted by atomic mass is 9.62. The zero-order chi connectivity index (χ0) is 15.5. The second-order valence-corrected chi connectivity index (χ2v) is 5.79. The fourth-order valence-electron chi connectivity index (χ4n) is 3.48. The van der Waals surface area contributed by atoms with E-state index in [4.69, 9.17) is 9.47 Å². The van der Waals surface area contributed by atoms with Crippen LogP contribution in [0.1, 0.15) is 52.4 Å². The molecule has 1 N–H and O–H groups in total. The van der Waals surface area contributed by atoms with Gasteiger partial charge in [0.25, 0.3) is 0 Å². The van der Waals surface area contributed by atoms with Gasteiger partial charge in [-0.1, -0.05) is 19.8 Å². The maximum atomic E-state index is 12.5. The van der Waals surface area contributed by atoms with Crippen molar-refractivity contribution in [2.45, 2.75) is 58.7 Å². The fraction of sp³-hybridized carbons (Fsp3) is 0.750. The molecule has 0 saturated heterocycles. The second-order valence-electron chi connectivity index (χ2n) is 5.79. The summed E-state index contributed by atoms with van der Waals surface area (Å²) in [6.45, 7) is 3.99. The third kappa shape index (κ3) is 2.84. The van der Waals surface area contributed by atoms with Crippen LogP contribution in [0.15, 0.2) is 11.8 Å². The highest BCUT2D eigenvalue weighted by Crippen LogP contribution is 2.49. The number of hydrogen-bond donors (Lipinski definition) is 1. The van der Waals surface area contributed by atoms with Crippen LogP contribution in [0.5, 0.6) is 0 Å². The summed E-state index contributed by atoms with van der Waals surface area (Å²) in [6.07, 6.45) is 4.90. The summed E-state index contributed by atoms with van der Waals surface area (Å²) in [4.78, 5) is 24.3. The van der Waals surface area contributed by atoms with Gasteiger partial charge in [0.2, 0.25) is 12.0 Å². The van der Waals surface area contributed by atoms with Crippen molar-refractivity contribution in [2.24, 2.45) is 11.3 Å². The van der Waals surface area contributed by atoms with Crippen molar-refractivity contribution in [3.05, 3.63) is 11.8 Å². The summed E-state index contributed by atoms with van der Waals surface area (Å²) in [7, 11) is 0. The molecule has 1 aliphatic heterocycles. The quantitative estimate of drug-likeness (QED) is 0.806. The molecule has 1 saturated carbocycles. The number of hydrogen-bond acceptors (Lipinski definition) is 5. The number of aliphatic hydroxyl groups excluding tert-OH is 1. The van der Waals surface area contributed by atoms with E-state index in [1.807, 2.05) is 6.92 Å². The van der Waals surface area contributed by atoms with Crippen molar-refractivity contribution >= 4 is 11.8 Å². The highest BCUT2D eigenvalue weighted by Gasteiger charge is 2.54. The van der Waals surface area contributed by atoms with Crippen LogP contribution in [-0.4, -0.2) is 29.8 Å². The number of carbonyl (C=O) groups excluding carboxylic acids is 2. The normalized spacial score (nSPS) is 32.5. The summed E-state index contributed by atoms with van der Waals surface area (Å²) in [5.41, 5.74) is -0.885. The highest BCUT2D eigenvalue weighted by atomic mass is 16.6. The van der Waals surface area contributed by atoms with Gasteiger partial charge in [0.05, 0.1) is 12.0 Å². The van der Waals surface area contributed by atoms with Gasteiger partial charge in [0.1, 0.15) is 5.78 Å². The van der Waals surface area contributed by atoms with Gasteiger partial charge < -0.3 is 14.6 Å². The van der Waals surface area contributed by atoms with E-state index < -0.39 is 17.7 Å². The SMILES string of the molecule is CCC[C@@H]1C=C(C(=O)OCC)O[C@H](O)[C@]12CCCCC2=O. The number of rotatable bonds is 4. The highest BCUT2D eigenvalue weighted by molar-refractivity contribution is 5.89. The molecular formula is C16H24O5. The zero-order valence-electron chi connectivity index (χ0n) is 12.8. The third-order valence-electron chi connectivity index (χ3n) is 4.53. The van der Waals surface area contributed by atoms with Gasteiger partial charge in [-0.25, -0.2) is 4.79 Å². The third-order valence-corrected chi connectivity index (χ3v) is 4.53. The molecule has 0 aromatic rings. The lowest BCUT2D eigenvalue weighted by Gasteiger charge is -2.46. The zero-order valence-corrected chi connectivity index (χ0v) is 12.8. The van der Waals surface area contributed by atoms with Gasteiger partial charge in [0, 0.05) is 6.42 Å². The fourth-order valence-corrected chi connectivity index (χ4v) is 3.48. The Hall–Kier alpha value is -1.36. The predicted octanol–water partition coefficient (Wildman–Crippen LogP) is 2.33. The van der Waals surface area contributed by atoms with Crippen LogP contribution >= 0.6 is 0 Å². The van der Waals surface area contributed by atoms with Crippen molar-refractivity contribution in [1.29, 1.82) is 0 Å². The smallest absolute Gasteiger partial charge is 0.373 e. The summed E-state index contributed by atoms with van der Waals surface area (Å²) in [5.74, 6) is -0.653. The predicted molar refractivity (Wildman–Crippen MR) is 76.1 cm³/mol. The second kappa shape index (κ2) is 6.60. The average Bonchev–Trinajstić information content (AvgIpc) is 2.46. The molecule has 118 valence electrons. The summed E-state index contributed by atoms with van der Waals surface area (Å²) in [6, 6.07) is 0. The Labute approximate surface area is 125 Å². The van der Waals surface area contributed by atoms with Crippen LogP contribution in [0.3, 0.4) is 0 Å². The number of allylic oxidation sites excluding steroid dienone is 1. The van der Waals surface area contributed by atoms with Gasteiger partial charge in [-0.3, -0.25) is 4.79 Å². The molecule has 5 nitrogen and oxygen atoms in total. The van der Waals surface area contributed by atoms with Crippen molar-refractivity contribution in [3.8, 4) is 0 Å². The van der Waals surface area contributed by atoms with Gasteiger partial charge in [-0.05, 0) is 38.2 Å². The minimum atomic E-state index is -1.26. The largest absolute Gasteiger partial charge is 0.460 e. The van der Waals surface area contributed by atoms with Gasteiger partial charge in [-0.2, -0.15) is 0 Å². The molecule has 21 heavy (non-hydrogen) atoms. The van der Waals surface area contributed by atoms with Crippen LogP contribution in [0.2, 0.25) is 0 Å². The van der Waals surface area contributed by atoms with Gasteiger partial charge in [0.15, 0.2) is 0 Å². The number of esters is 1. The summed E-state index contributed by atoms with van der Waals surface area (Å²) >= 11 is 0. The average molecular weight is 296 g/mol. The van der Waals surface area contributed by atoms with Gasteiger partial charge >= 0.3 is 5.97 Å². The van der Waals surface area contributed by atoms with E-state index in [9.17, 15) is 14.7 Å². The molecule has 1 heterocycles. The monoisotopic (exact) mass is 296 g/mol. The number of aliphatic hydroxyl groups is 1. The van der Waals surface area contributed by atoms with Crippen LogP contribution in [0.25, 0.3) is 0 Å². The molecular weight excluding hydrogens is 272 g/mol. The molecule has 0 radical (unpaired) electrons. The Morgan fingerprint density at radius 3 is 2.86 bits per heavy atom. The van der Waals surface area contributed by atoms with Crippen molar-refractivity contribution < 1.29 is 24.2 Å². The first-order chi connectivity index (χ1) is 10.1. The number of ether oxygens (including phenoxy) is 2. The number of ketones is 1. The molecule has 2 rings (SSSR count). The first-order valence-corrected chi connectivity index (χ1v) is 7.83. The Bertz CT molecular complexity index is 442. The van der Waals surface area contributed by atoms with E-state index in [0.29, 0.717) is 12.8 Å². The van der Waals surface area contributed by atoms with Crippen LogP contribution < -0.4 is 0 Å². The minimum Gasteiger partial charge on any atom is -0.460 e. The number of carbonyl (C=O) groups is 2. The standard InChI is InChI=1S/C16H24O5/c1-3-7-11-10-12(14(18)20-4-2)21-15(19)16(11)9-6-5-8-13(16)17/h10-11,15,19H,3-9H2,1-2H3/t11-,15+,16-/m1/s1. The van der Waals surface area contributed by atoms with E-state index in [1.165, 1.54) is 0 Å². The molecule has 2 aliphatic rings. The molecule has 1 aliphatic carbocycles. The molecule has 0 amide bonds. The van der Waals surface area contributed by atoms with Crippen LogP contribution in [0.4, 0.5) is 0 Å². The topological polar surface area (TPSA) is 72.8 Å². The lowest BCUT2D eigenvalue weighted by molar-refractivity contribution is -0.199. The van der Waals surface area contributed by atoms with E-state index in [-0.39, 0.29) is 24.1 Å². The molecule has 3 atom stereocenters. The Morgan fingerprint density at radius 1 is 1.48 bits per heavy atom. The van der Waals surface area contributed by atoms with E-state index in [1.54, 1.807) is 13.0 Å². The van der Waals surface area contributed by atoms with Crippen molar-refractivity contribution in [1.82, 2.24) is 0 Å². The van der Waals surface area contributed by atoms with E-state index in [2.05, 4.69) is 0 Å². The first kappa shape index (κ1) is 16.0. The maximum Gasteiger partial charge on any atom is 0.373 e. The molecule has 1 fully saturated rings. The van der Waals surface area contributed by atoms with Crippen molar-refractivity contribution in [3.63, 3.8) is 0 Å². The number of Topliss-reactive ketones (excluding diaryl/α,β-unsaturated/α-hetero) is 1. The minimum absolute atomic E-state index is 0.0341. The van der Waals surface area contributed by atoms with E-state index in [0.717, 1.165) is 25.7 Å². The molecule has 0 unspecified atom stereocenters. The molecule has 1 spiro atoms. The molecule has 5 heteroatoms. The Kier molecular flexibility index (Phi) is 5.04. The first-order valence-electron chi connectivity index (χ1n) is 7.83. The molecule has 0 bridgehead atoms. The maximum absolute atomic E-state index is 12.5. The Balaban J connectivity index is 2.34. The summed E-state index contributed by atoms with van der Waals surface area (Å²) in [5, 5.41) is 10.4. The lowest BCUT2D eigenvalue weighted by Crippen LogP contribution is -2.53. The van der Waals surface area contributed by atoms with Crippen molar-refractivity contribution in [2.75, 3.05) is 6.61 Å². The van der Waals surface area contributed by atoms with Crippen LogP contribution in [-0.2, 0) is 19.1 Å². The molecule has 0 aromatic carbocycles. The Morgan fingerprint density at radius 2 is 2.24 bits per heavy atom. The van der Waals surface area contributed by atoms with E-state index >= 15 is 0 Å². The van der Waals surface area contributed by atoms with Crippen LogP contribution in [0, 0.1) is 11.3 Å². The van der Waals surface area contributed by atoms with Gasteiger partial charge in [-0.15, -0.1) is 0 Å². The molecule has 0 aromatic heterocycles.